The molecule has 1 N–H and O–H groups in total. The molecule has 1 heterocycles. The Morgan fingerprint density at radius 1 is 1.70 bits per heavy atom. The summed E-state index contributed by atoms with van der Waals surface area (Å²) in [5, 5.41) is 12.8. The number of aryl methyl sites for hydroxylation is 1. The van der Waals surface area contributed by atoms with Crippen molar-refractivity contribution in [1.29, 1.82) is 0 Å². The monoisotopic (exact) mass is 140 g/mol. The molecular formula is C7H12N2O. The molecular weight excluding hydrogens is 128 g/mol. The molecule has 0 amide bonds. The van der Waals surface area contributed by atoms with E-state index in [-0.39, 0.29) is 6.61 Å². The van der Waals surface area contributed by atoms with Crippen molar-refractivity contribution < 1.29 is 5.11 Å². The molecule has 56 valence electrons. The van der Waals surface area contributed by atoms with E-state index in [1.807, 2.05) is 18.5 Å². The van der Waals surface area contributed by atoms with E-state index in [0.717, 1.165) is 17.8 Å². The number of rotatable bonds is 2. The van der Waals surface area contributed by atoms with Crippen LogP contribution >= 0.6 is 0 Å². The van der Waals surface area contributed by atoms with E-state index in [0.29, 0.717) is 0 Å². The zero-order valence-corrected chi connectivity index (χ0v) is 6.33. The van der Waals surface area contributed by atoms with Crippen molar-refractivity contribution in [2.45, 2.75) is 27.0 Å². The first-order chi connectivity index (χ1) is 4.79. The lowest BCUT2D eigenvalue weighted by Gasteiger charge is -1.98. The average molecular weight is 140 g/mol. The number of aliphatic hydroxyl groups excluding tert-OH is 1. The third-order valence-corrected chi connectivity index (χ3v) is 1.67. The quantitative estimate of drug-likeness (QED) is 0.656. The van der Waals surface area contributed by atoms with E-state index in [2.05, 4.69) is 5.10 Å². The molecule has 3 heteroatoms. The van der Waals surface area contributed by atoms with Crippen molar-refractivity contribution in [3.8, 4) is 0 Å². The molecule has 0 unspecified atom stereocenters. The Morgan fingerprint density at radius 3 is 2.70 bits per heavy atom. The maximum absolute atomic E-state index is 8.77. The van der Waals surface area contributed by atoms with Crippen LogP contribution in [0.3, 0.4) is 0 Å². The van der Waals surface area contributed by atoms with Gasteiger partial charge in [0.15, 0.2) is 0 Å². The van der Waals surface area contributed by atoms with Gasteiger partial charge < -0.3 is 5.11 Å². The Hall–Kier alpha value is -0.830. The fourth-order valence-electron chi connectivity index (χ4n) is 0.959. The molecule has 0 aliphatic heterocycles. The first kappa shape index (κ1) is 7.28. The highest BCUT2D eigenvalue weighted by Gasteiger charge is 2.01. The van der Waals surface area contributed by atoms with E-state index >= 15 is 0 Å². The summed E-state index contributed by atoms with van der Waals surface area (Å²) in [6.45, 7) is 4.95. The van der Waals surface area contributed by atoms with E-state index < -0.39 is 0 Å². The third-order valence-electron chi connectivity index (χ3n) is 1.67. The molecule has 0 bridgehead atoms. The normalized spacial score (nSPS) is 10.3. The predicted octanol–water partition coefficient (Wildman–Crippen LogP) is 0.704. The number of aromatic nitrogens is 2. The first-order valence-electron chi connectivity index (χ1n) is 3.41. The van der Waals surface area contributed by atoms with Crippen molar-refractivity contribution >= 4 is 0 Å². The van der Waals surface area contributed by atoms with Crippen molar-refractivity contribution in [1.82, 2.24) is 9.78 Å². The second kappa shape index (κ2) is 2.84. The number of nitrogens with zero attached hydrogens (tertiary/aromatic N) is 2. The molecule has 0 atom stereocenters. The minimum absolute atomic E-state index is 0.0891. The minimum atomic E-state index is 0.0891. The van der Waals surface area contributed by atoms with Crippen molar-refractivity contribution in [3.63, 3.8) is 0 Å². The lowest BCUT2D eigenvalue weighted by molar-refractivity contribution is 0.281. The Labute approximate surface area is 60.3 Å². The van der Waals surface area contributed by atoms with Crippen LogP contribution in [0, 0.1) is 6.92 Å². The summed E-state index contributed by atoms with van der Waals surface area (Å²) in [4.78, 5) is 0. The highest BCUT2D eigenvalue weighted by atomic mass is 16.3. The highest BCUT2D eigenvalue weighted by molar-refractivity contribution is 5.14. The van der Waals surface area contributed by atoms with E-state index in [1.54, 1.807) is 6.20 Å². The number of aliphatic hydroxyl groups is 1. The van der Waals surface area contributed by atoms with Gasteiger partial charge in [0.05, 0.1) is 12.8 Å². The second-order valence-electron chi connectivity index (χ2n) is 2.23. The second-order valence-corrected chi connectivity index (χ2v) is 2.23. The van der Waals surface area contributed by atoms with Crippen LogP contribution < -0.4 is 0 Å². The Kier molecular flexibility index (Phi) is 2.06. The fourth-order valence-corrected chi connectivity index (χ4v) is 0.959. The van der Waals surface area contributed by atoms with Gasteiger partial charge in [-0.3, -0.25) is 4.68 Å². The Morgan fingerprint density at radius 2 is 2.40 bits per heavy atom. The summed E-state index contributed by atoms with van der Waals surface area (Å²) in [6.07, 6.45) is 1.71. The smallest absolute Gasteiger partial charge is 0.0715 e. The van der Waals surface area contributed by atoms with Gasteiger partial charge in [0.2, 0.25) is 0 Å². The molecule has 0 aliphatic carbocycles. The van der Waals surface area contributed by atoms with Crippen LogP contribution in [0.15, 0.2) is 6.20 Å². The maximum atomic E-state index is 8.77. The summed E-state index contributed by atoms with van der Waals surface area (Å²) in [6, 6.07) is 0. The molecule has 0 aromatic carbocycles. The number of hydrogen-bond donors (Lipinski definition) is 1. The zero-order chi connectivity index (χ0) is 7.56. The van der Waals surface area contributed by atoms with Gasteiger partial charge in [-0.25, -0.2) is 0 Å². The van der Waals surface area contributed by atoms with Crippen LogP contribution in [-0.2, 0) is 13.2 Å². The molecule has 0 spiro atoms. The molecule has 0 saturated carbocycles. The lowest BCUT2D eigenvalue weighted by Crippen LogP contribution is -1.99. The van der Waals surface area contributed by atoms with Gasteiger partial charge in [0, 0.05) is 17.8 Å². The van der Waals surface area contributed by atoms with Gasteiger partial charge in [-0.05, 0) is 13.8 Å². The van der Waals surface area contributed by atoms with Gasteiger partial charge >= 0.3 is 0 Å². The largest absolute Gasteiger partial charge is 0.392 e. The first-order valence-corrected chi connectivity index (χ1v) is 3.41. The van der Waals surface area contributed by atoms with E-state index in [4.69, 9.17) is 5.11 Å². The summed E-state index contributed by atoms with van der Waals surface area (Å²) >= 11 is 0. The zero-order valence-electron chi connectivity index (χ0n) is 6.33. The lowest BCUT2D eigenvalue weighted by atomic mass is 10.3. The van der Waals surface area contributed by atoms with Gasteiger partial charge in [0.25, 0.3) is 0 Å². The van der Waals surface area contributed by atoms with Gasteiger partial charge in [-0.15, -0.1) is 0 Å². The molecule has 3 nitrogen and oxygen atoms in total. The third kappa shape index (κ3) is 1.04. The average Bonchev–Trinajstić information content (AvgIpc) is 2.30. The predicted molar refractivity (Wildman–Crippen MR) is 38.6 cm³/mol. The topological polar surface area (TPSA) is 38.0 Å². The van der Waals surface area contributed by atoms with Crippen LogP contribution in [0.5, 0.6) is 0 Å². The van der Waals surface area contributed by atoms with Crippen LogP contribution in [-0.4, -0.2) is 14.9 Å². The van der Waals surface area contributed by atoms with Gasteiger partial charge in [-0.1, -0.05) is 0 Å². The highest BCUT2D eigenvalue weighted by Crippen LogP contribution is 2.05. The van der Waals surface area contributed by atoms with Crippen LogP contribution in [0.4, 0.5) is 0 Å². The summed E-state index contributed by atoms with van der Waals surface area (Å²) in [5.41, 5.74) is 1.98. The maximum Gasteiger partial charge on any atom is 0.0715 e. The summed E-state index contributed by atoms with van der Waals surface area (Å²) < 4.78 is 1.87. The fraction of sp³-hybridized carbons (Fsp3) is 0.571. The van der Waals surface area contributed by atoms with Crippen molar-refractivity contribution in [2.75, 3.05) is 0 Å². The van der Waals surface area contributed by atoms with E-state index in [1.165, 1.54) is 0 Å². The molecule has 0 saturated heterocycles. The molecule has 0 aliphatic rings. The van der Waals surface area contributed by atoms with Gasteiger partial charge in [-0.2, -0.15) is 5.10 Å². The molecule has 1 rings (SSSR count). The van der Waals surface area contributed by atoms with Crippen LogP contribution in [0.1, 0.15) is 18.2 Å². The van der Waals surface area contributed by atoms with Crippen molar-refractivity contribution in [2.24, 2.45) is 0 Å². The standard InChI is InChI=1S/C7H12N2O/c1-3-9-6(2)7(5-10)4-8-9/h4,10H,3,5H2,1-2H3. The molecule has 0 fully saturated rings. The molecule has 1 aromatic rings. The molecule has 10 heavy (non-hydrogen) atoms. The number of hydrogen-bond acceptors (Lipinski definition) is 2. The summed E-state index contributed by atoms with van der Waals surface area (Å²) in [7, 11) is 0. The van der Waals surface area contributed by atoms with Crippen LogP contribution in [0.25, 0.3) is 0 Å². The van der Waals surface area contributed by atoms with Crippen molar-refractivity contribution in [3.05, 3.63) is 17.5 Å². The van der Waals surface area contributed by atoms with Gasteiger partial charge in [0.1, 0.15) is 0 Å². The molecule has 1 aromatic heterocycles. The Balaban J connectivity index is 2.97. The Bertz CT molecular complexity index is 196. The SMILES string of the molecule is CCn1ncc(CO)c1C. The van der Waals surface area contributed by atoms with Crippen LogP contribution in [0.2, 0.25) is 0 Å². The minimum Gasteiger partial charge on any atom is -0.392 e. The van der Waals surface area contributed by atoms with E-state index in [9.17, 15) is 0 Å². The molecule has 0 radical (unpaired) electrons. The summed E-state index contributed by atoms with van der Waals surface area (Å²) in [5.74, 6) is 0.